The van der Waals surface area contributed by atoms with Gasteiger partial charge in [0.05, 0.1) is 26.2 Å². The molecule has 0 aliphatic heterocycles. The Labute approximate surface area is 163 Å². The van der Waals surface area contributed by atoms with Crippen LogP contribution < -0.4 is 5.32 Å². The van der Waals surface area contributed by atoms with Crippen LogP contribution in [0.5, 0.6) is 0 Å². The van der Waals surface area contributed by atoms with Crippen molar-refractivity contribution in [2.24, 2.45) is 0 Å². The second-order valence-corrected chi connectivity index (χ2v) is 8.37. The van der Waals surface area contributed by atoms with Gasteiger partial charge in [-0.1, -0.05) is 36.4 Å². The number of rotatable bonds is 5. The lowest BCUT2D eigenvalue weighted by Crippen LogP contribution is -2.26. The van der Waals surface area contributed by atoms with Crippen LogP contribution in [-0.4, -0.2) is 15.5 Å². The number of thiophene rings is 1. The summed E-state index contributed by atoms with van der Waals surface area (Å²) in [5.41, 5.74) is 3.73. The van der Waals surface area contributed by atoms with Crippen molar-refractivity contribution in [3.63, 3.8) is 0 Å². The summed E-state index contributed by atoms with van der Waals surface area (Å²) in [7, 11) is 0. The van der Waals surface area contributed by atoms with Gasteiger partial charge in [0.1, 0.15) is 5.69 Å². The van der Waals surface area contributed by atoms with E-state index in [2.05, 4.69) is 49.0 Å². The number of carbonyl (C=O) groups excluding carboxylic acids is 1. The molecule has 130 valence electrons. The van der Waals surface area contributed by atoms with E-state index in [1.807, 2.05) is 42.5 Å². The highest BCUT2D eigenvalue weighted by molar-refractivity contribution is 9.11. The highest BCUT2D eigenvalue weighted by atomic mass is 79.9. The standard InChI is InChI=1S/C20H16BrN3OS/c21-19-11-16-18(26-19)10-17(24(16)13-14-6-2-1-3-7-14)20(25)23-12-15-8-4-5-9-22-15/h1-11H,12-13H2,(H,23,25). The zero-order valence-corrected chi connectivity index (χ0v) is 16.3. The number of benzene rings is 1. The molecule has 1 amide bonds. The Balaban J connectivity index is 1.64. The second kappa shape index (κ2) is 7.43. The van der Waals surface area contributed by atoms with Crippen molar-refractivity contribution >= 4 is 43.4 Å². The third-order valence-electron chi connectivity index (χ3n) is 4.13. The Hall–Kier alpha value is -2.44. The molecule has 0 bridgehead atoms. The van der Waals surface area contributed by atoms with Crippen LogP contribution in [-0.2, 0) is 13.1 Å². The molecule has 3 aromatic heterocycles. The van der Waals surface area contributed by atoms with Crippen molar-refractivity contribution in [2.75, 3.05) is 0 Å². The van der Waals surface area contributed by atoms with E-state index in [0.717, 1.165) is 25.3 Å². The van der Waals surface area contributed by atoms with E-state index < -0.39 is 0 Å². The van der Waals surface area contributed by atoms with Crippen molar-refractivity contribution in [3.05, 3.63) is 87.6 Å². The molecule has 0 spiro atoms. The molecule has 1 aromatic carbocycles. The normalized spacial score (nSPS) is 11.0. The number of hydrogen-bond acceptors (Lipinski definition) is 3. The number of nitrogens with zero attached hydrogens (tertiary/aromatic N) is 2. The minimum absolute atomic E-state index is 0.0916. The fourth-order valence-corrected chi connectivity index (χ4v) is 4.47. The molecule has 3 heterocycles. The zero-order chi connectivity index (χ0) is 17.9. The minimum atomic E-state index is -0.0916. The van der Waals surface area contributed by atoms with Crippen LogP contribution >= 0.6 is 27.3 Å². The molecule has 0 radical (unpaired) electrons. The van der Waals surface area contributed by atoms with E-state index in [-0.39, 0.29) is 5.91 Å². The second-order valence-electron chi connectivity index (χ2n) is 5.91. The van der Waals surface area contributed by atoms with Crippen molar-refractivity contribution in [2.45, 2.75) is 13.1 Å². The first kappa shape index (κ1) is 17.0. The lowest BCUT2D eigenvalue weighted by molar-refractivity contribution is 0.0942. The summed E-state index contributed by atoms with van der Waals surface area (Å²) in [6.45, 7) is 1.06. The Morgan fingerprint density at radius 2 is 1.92 bits per heavy atom. The maximum Gasteiger partial charge on any atom is 0.268 e. The molecular weight excluding hydrogens is 410 g/mol. The quantitative estimate of drug-likeness (QED) is 0.497. The van der Waals surface area contributed by atoms with E-state index in [1.54, 1.807) is 17.5 Å². The van der Waals surface area contributed by atoms with Crippen LogP contribution in [0.15, 0.2) is 70.6 Å². The fraction of sp³-hybridized carbons (Fsp3) is 0.100. The Kier molecular flexibility index (Phi) is 4.86. The molecule has 6 heteroatoms. The number of aromatic nitrogens is 2. The summed E-state index contributed by atoms with van der Waals surface area (Å²) in [5, 5.41) is 2.98. The number of pyridine rings is 1. The molecule has 0 aliphatic rings. The van der Waals surface area contributed by atoms with Crippen molar-refractivity contribution in [1.29, 1.82) is 0 Å². The summed E-state index contributed by atoms with van der Waals surface area (Å²) in [4.78, 5) is 17.1. The molecule has 4 nitrogen and oxygen atoms in total. The molecular formula is C20H16BrN3OS. The molecule has 1 N–H and O–H groups in total. The summed E-state index contributed by atoms with van der Waals surface area (Å²) in [5.74, 6) is -0.0916. The Morgan fingerprint density at radius 1 is 1.12 bits per heavy atom. The maximum atomic E-state index is 12.8. The molecule has 0 aliphatic carbocycles. The van der Waals surface area contributed by atoms with Crippen LogP contribution in [0.2, 0.25) is 0 Å². The van der Waals surface area contributed by atoms with Gasteiger partial charge < -0.3 is 9.88 Å². The SMILES string of the molecule is O=C(NCc1ccccn1)c1cc2sc(Br)cc2n1Cc1ccccc1. The highest BCUT2D eigenvalue weighted by Crippen LogP contribution is 2.33. The number of nitrogens with one attached hydrogen (secondary N) is 1. The molecule has 26 heavy (non-hydrogen) atoms. The van der Waals surface area contributed by atoms with Gasteiger partial charge >= 0.3 is 0 Å². The zero-order valence-electron chi connectivity index (χ0n) is 13.9. The summed E-state index contributed by atoms with van der Waals surface area (Å²) >= 11 is 5.18. The number of amides is 1. The fourth-order valence-electron chi connectivity index (χ4n) is 2.90. The minimum Gasteiger partial charge on any atom is -0.345 e. The van der Waals surface area contributed by atoms with Gasteiger partial charge in [0, 0.05) is 12.7 Å². The van der Waals surface area contributed by atoms with Gasteiger partial charge in [0.15, 0.2) is 0 Å². The highest BCUT2D eigenvalue weighted by Gasteiger charge is 2.17. The molecule has 0 saturated carbocycles. The first-order chi connectivity index (χ1) is 12.7. The number of fused-ring (bicyclic) bond motifs is 1. The average molecular weight is 426 g/mol. The molecule has 0 atom stereocenters. The monoisotopic (exact) mass is 425 g/mol. The lowest BCUT2D eigenvalue weighted by Gasteiger charge is -2.11. The summed E-state index contributed by atoms with van der Waals surface area (Å²) in [6, 6.07) is 19.9. The maximum absolute atomic E-state index is 12.8. The average Bonchev–Trinajstić information content (AvgIpc) is 3.19. The Morgan fingerprint density at radius 3 is 2.69 bits per heavy atom. The number of carbonyl (C=O) groups is 1. The van der Waals surface area contributed by atoms with Crippen LogP contribution in [0.1, 0.15) is 21.7 Å². The molecule has 4 rings (SSSR count). The molecule has 0 saturated heterocycles. The van der Waals surface area contributed by atoms with Gasteiger partial charge in [0.2, 0.25) is 0 Å². The first-order valence-corrected chi connectivity index (χ1v) is 9.82. The van der Waals surface area contributed by atoms with Gasteiger partial charge in [0.25, 0.3) is 5.91 Å². The predicted molar refractivity (Wildman–Crippen MR) is 108 cm³/mol. The third kappa shape index (κ3) is 3.57. The van der Waals surface area contributed by atoms with Gasteiger partial charge in [-0.05, 0) is 45.8 Å². The molecule has 0 unspecified atom stereocenters. The predicted octanol–water partition coefficient (Wildman–Crippen LogP) is 4.84. The summed E-state index contributed by atoms with van der Waals surface area (Å²) in [6.07, 6.45) is 1.73. The smallest absolute Gasteiger partial charge is 0.268 e. The van der Waals surface area contributed by atoms with Gasteiger partial charge in [-0.15, -0.1) is 11.3 Å². The third-order valence-corrected chi connectivity index (χ3v) is 5.71. The first-order valence-electron chi connectivity index (χ1n) is 8.21. The van der Waals surface area contributed by atoms with Gasteiger partial charge in [-0.2, -0.15) is 0 Å². The van der Waals surface area contributed by atoms with Crippen molar-refractivity contribution in [3.8, 4) is 0 Å². The van der Waals surface area contributed by atoms with Crippen LogP contribution in [0.3, 0.4) is 0 Å². The van der Waals surface area contributed by atoms with E-state index in [4.69, 9.17) is 0 Å². The van der Waals surface area contributed by atoms with E-state index in [9.17, 15) is 4.79 Å². The van der Waals surface area contributed by atoms with Crippen LogP contribution in [0, 0.1) is 0 Å². The largest absolute Gasteiger partial charge is 0.345 e. The van der Waals surface area contributed by atoms with Crippen LogP contribution in [0.25, 0.3) is 10.2 Å². The van der Waals surface area contributed by atoms with E-state index in [0.29, 0.717) is 18.8 Å². The van der Waals surface area contributed by atoms with Gasteiger partial charge in [-0.25, -0.2) is 0 Å². The molecule has 4 aromatic rings. The van der Waals surface area contributed by atoms with E-state index >= 15 is 0 Å². The number of halogens is 1. The number of hydrogen-bond donors (Lipinski definition) is 1. The van der Waals surface area contributed by atoms with Gasteiger partial charge in [-0.3, -0.25) is 9.78 Å². The molecule has 0 fully saturated rings. The Bertz CT molecular complexity index is 1040. The van der Waals surface area contributed by atoms with E-state index in [1.165, 1.54) is 0 Å². The lowest BCUT2D eigenvalue weighted by atomic mass is 10.2. The van der Waals surface area contributed by atoms with Crippen LogP contribution in [0.4, 0.5) is 0 Å². The van der Waals surface area contributed by atoms with Crippen molar-refractivity contribution in [1.82, 2.24) is 14.9 Å². The summed E-state index contributed by atoms with van der Waals surface area (Å²) < 4.78 is 4.22. The van der Waals surface area contributed by atoms with Crippen molar-refractivity contribution < 1.29 is 4.79 Å². The topological polar surface area (TPSA) is 46.9 Å².